The Morgan fingerprint density at radius 2 is 2.11 bits per heavy atom. The summed E-state index contributed by atoms with van der Waals surface area (Å²) < 4.78 is 4.92. The number of carbonyl (C=O) groups is 2. The first-order valence-electron chi connectivity index (χ1n) is 8.60. The van der Waals surface area contributed by atoms with Crippen molar-refractivity contribution in [2.45, 2.75) is 45.2 Å². The Bertz CT molecular complexity index is 797. The maximum Gasteiger partial charge on any atom is 0.338 e. The first-order chi connectivity index (χ1) is 12.7. The van der Waals surface area contributed by atoms with E-state index in [9.17, 15) is 25.0 Å². The molecule has 0 aliphatic heterocycles. The lowest BCUT2D eigenvalue weighted by Crippen LogP contribution is -2.50. The molecule has 0 heterocycles. The molecule has 1 fully saturated rings. The van der Waals surface area contributed by atoms with Gasteiger partial charge in [-0.15, -0.1) is 0 Å². The van der Waals surface area contributed by atoms with Gasteiger partial charge in [-0.1, -0.05) is 13.8 Å². The van der Waals surface area contributed by atoms with Crippen LogP contribution in [0, 0.1) is 27.4 Å². The fourth-order valence-electron chi connectivity index (χ4n) is 2.22. The summed E-state index contributed by atoms with van der Waals surface area (Å²) in [6, 6.07) is 6.23. The topological polar surface area (TPSA) is 134 Å². The van der Waals surface area contributed by atoms with Crippen molar-refractivity contribution in [1.82, 2.24) is 5.32 Å². The van der Waals surface area contributed by atoms with Crippen molar-refractivity contribution in [2.75, 3.05) is 11.9 Å². The van der Waals surface area contributed by atoms with Gasteiger partial charge in [-0.25, -0.2) is 4.79 Å². The minimum atomic E-state index is -1.08. The Hall–Kier alpha value is -3.15. The zero-order valence-electron chi connectivity index (χ0n) is 15.4. The number of esters is 1. The summed E-state index contributed by atoms with van der Waals surface area (Å²) in [4.78, 5) is 34.7. The first-order valence-corrected chi connectivity index (χ1v) is 8.60. The van der Waals surface area contributed by atoms with Crippen molar-refractivity contribution < 1.29 is 19.2 Å². The van der Waals surface area contributed by atoms with Crippen molar-refractivity contribution in [3.05, 3.63) is 33.9 Å². The molecule has 0 spiro atoms. The number of hydrogen-bond donors (Lipinski definition) is 2. The lowest BCUT2D eigenvalue weighted by molar-refractivity contribution is -0.384. The van der Waals surface area contributed by atoms with Crippen LogP contribution < -0.4 is 10.6 Å². The number of rotatable bonds is 8. The van der Waals surface area contributed by atoms with Gasteiger partial charge in [0.05, 0.1) is 16.6 Å². The molecular formula is C18H22N4O5. The molecule has 1 aromatic rings. The van der Waals surface area contributed by atoms with Crippen LogP contribution in [0.3, 0.4) is 0 Å². The van der Waals surface area contributed by atoms with Crippen molar-refractivity contribution in [2.24, 2.45) is 5.92 Å². The van der Waals surface area contributed by atoms with Gasteiger partial charge in [0.1, 0.15) is 11.2 Å². The van der Waals surface area contributed by atoms with Crippen molar-refractivity contribution in [1.29, 1.82) is 5.26 Å². The SMILES string of the molecule is CC(C)[C@](C)(C#N)NC(=O)COC(=O)c1ccc(NC2CC2)c([N+](=O)[O-])c1. The highest BCUT2D eigenvalue weighted by Crippen LogP contribution is 2.31. The van der Waals surface area contributed by atoms with Crippen molar-refractivity contribution in [3.8, 4) is 6.07 Å². The summed E-state index contributed by atoms with van der Waals surface area (Å²) in [6.45, 7) is 4.56. The van der Waals surface area contributed by atoms with Gasteiger partial charge < -0.3 is 15.4 Å². The molecular weight excluding hydrogens is 352 g/mol. The Kier molecular flexibility index (Phi) is 6.00. The molecule has 1 aliphatic rings. The van der Waals surface area contributed by atoms with E-state index in [1.165, 1.54) is 12.1 Å². The highest BCUT2D eigenvalue weighted by atomic mass is 16.6. The fourth-order valence-corrected chi connectivity index (χ4v) is 2.22. The molecule has 0 aromatic heterocycles. The van der Waals surface area contributed by atoms with Gasteiger partial charge in [-0.2, -0.15) is 5.26 Å². The summed E-state index contributed by atoms with van der Waals surface area (Å²) in [5, 5.41) is 26.0. The number of benzene rings is 1. The van der Waals surface area contributed by atoms with Crippen LogP contribution >= 0.6 is 0 Å². The summed E-state index contributed by atoms with van der Waals surface area (Å²) in [7, 11) is 0. The minimum absolute atomic E-state index is 0.0252. The summed E-state index contributed by atoms with van der Waals surface area (Å²) in [5.74, 6) is -1.62. The Balaban J connectivity index is 2.01. The number of hydrogen-bond acceptors (Lipinski definition) is 7. The standard InChI is InChI=1S/C18H22N4O5/c1-11(2)18(3,10-19)21-16(23)9-27-17(24)12-4-7-14(20-13-5-6-13)15(8-12)22(25)26/h4,7-8,11,13,20H,5-6,9H2,1-3H3,(H,21,23)/t18-/m0/s1. The monoisotopic (exact) mass is 374 g/mol. The van der Waals surface area contributed by atoms with Crippen LogP contribution in [0.2, 0.25) is 0 Å². The third-order valence-electron chi connectivity index (χ3n) is 4.49. The number of amides is 1. The molecule has 1 aromatic carbocycles. The molecule has 0 unspecified atom stereocenters. The molecule has 1 atom stereocenters. The minimum Gasteiger partial charge on any atom is -0.452 e. The fraction of sp³-hybridized carbons (Fsp3) is 0.500. The summed E-state index contributed by atoms with van der Waals surface area (Å²) in [5.41, 5.74) is -0.989. The molecule has 9 heteroatoms. The second-order valence-electron chi connectivity index (χ2n) is 7.00. The van der Waals surface area contributed by atoms with E-state index in [0.717, 1.165) is 18.9 Å². The molecule has 2 rings (SSSR count). The molecule has 0 radical (unpaired) electrons. The number of ether oxygens (including phenoxy) is 1. The van der Waals surface area contributed by atoms with E-state index in [-0.39, 0.29) is 23.2 Å². The van der Waals surface area contributed by atoms with E-state index >= 15 is 0 Å². The first kappa shape index (κ1) is 20.2. The van der Waals surface area contributed by atoms with E-state index in [1.807, 2.05) is 6.07 Å². The van der Waals surface area contributed by atoms with Crippen LogP contribution in [0.1, 0.15) is 44.0 Å². The van der Waals surface area contributed by atoms with Gasteiger partial charge in [0.25, 0.3) is 11.6 Å². The van der Waals surface area contributed by atoms with E-state index in [2.05, 4.69) is 10.6 Å². The number of carbonyl (C=O) groups excluding carboxylic acids is 2. The highest BCUT2D eigenvalue weighted by Gasteiger charge is 2.30. The molecule has 1 aliphatic carbocycles. The van der Waals surface area contributed by atoms with Crippen molar-refractivity contribution in [3.63, 3.8) is 0 Å². The van der Waals surface area contributed by atoms with Crippen LogP contribution in [-0.4, -0.2) is 35.0 Å². The third-order valence-corrected chi connectivity index (χ3v) is 4.49. The van der Waals surface area contributed by atoms with E-state index in [4.69, 9.17) is 4.74 Å². The Morgan fingerprint density at radius 1 is 1.44 bits per heavy atom. The van der Waals surface area contributed by atoms with Crippen LogP contribution in [0.4, 0.5) is 11.4 Å². The van der Waals surface area contributed by atoms with Crippen LogP contribution in [0.5, 0.6) is 0 Å². The third kappa shape index (κ3) is 5.17. The van der Waals surface area contributed by atoms with E-state index < -0.39 is 28.9 Å². The average Bonchev–Trinajstić information content (AvgIpc) is 3.43. The number of nitro groups is 1. The van der Waals surface area contributed by atoms with Gasteiger partial charge in [0.15, 0.2) is 6.61 Å². The zero-order chi connectivity index (χ0) is 20.2. The largest absolute Gasteiger partial charge is 0.452 e. The molecule has 1 saturated carbocycles. The zero-order valence-corrected chi connectivity index (χ0v) is 15.4. The van der Waals surface area contributed by atoms with Gasteiger partial charge in [-0.3, -0.25) is 14.9 Å². The highest BCUT2D eigenvalue weighted by molar-refractivity contribution is 5.93. The molecule has 9 nitrogen and oxygen atoms in total. The lowest BCUT2D eigenvalue weighted by Gasteiger charge is -2.27. The molecule has 27 heavy (non-hydrogen) atoms. The lowest BCUT2D eigenvalue weighted by atomic mass is 9.90. The second kappa shape index (κ2) is 8.03. The Labute approximate surface area is 156 Å². The number of nitro benzene ring substituents is 1. The van der Waals surface area contributed by atoms with Crippen LogP contribution in [0.25, 0.3) is 0 Å². The maximum atomic E-state index is 12.1. The van der Waals surface area contributed by atoms with Crippen molar-refractivity contribution >= 4 is 23.3 Å². The summed E-state index contributed by atoms with van der Waals surface area (Å²) in [6.07, 6.45) is 1.90. The molecule has 144 valence electrons. The summed E-state index contributed by atoms with van der Waals surface area (Å²) >= 11 is 0. The van der Waals surface area contributed by atoms with Gasteiger partial charge in [0.2, 0.25) is 0 Å². The van der Waals surface area contributed by atoms with Gasteiger partial charge in [0, 0.05) is 12.1 Å². The van der Waals surface area contributed by atoms with Crippen LogP contribution in [-0.2, 0) is 9.53 Å². The smallest absolute Gasteiger partial charge is 0.338 e. The molecule has 2 N–H and O–H groups in total. The molecule has 0 saturated heterocycles. The number of anilines is 1. The Morgan fingerprint density at radius 3 is 2.63 bits per heavy atom. The van der Waals surface area contributed by atoms with E-state index in [0.29, 0.717) is 5.69 Å². The van der Waals surface area contributed by atoms with Gasteiger partial charge in [-0.05, 0) is 37.8 Å². The maximum absolute atomic E-state index is 12.1. The van der Waals surface area contributed by atoms with E-state index in [1.54, 1.807) is 20.8 Å². The van der Waals surface area contributed by atoms with Gasteiger partial charge >= 0.3 is 5.97 Å². The quantitative estimate of drug-likeness (QED) is 0.405. The van der Waals surface area contributed by atoms with Crippen LogP contribution in [0.15, 0.2) is 18.2 Å². The predicted octanol–water partition coefficient (Wildman–Crippen LogP) is 2.38. The molecule has 1 amide bonds. The number of nitrogens with one attached hydrogen (secondary N) is 2. The second-order valence-corrected chi connectivity index (χ2v) is 7.00. The normalized spacial score (nSPS) is 15.4. The molecule has 0 bridgehead atoms. The predicted molar refractivity (Wildman–Crippen MR) is 97.0 cm³/mol. The number of nitrogens with zero attached hydrogens (tertiary/aromatic N) is 2. The average molecular weight is 374 g/mol. The number of nitriles is 1.